The molecular formula is C36H39F3N4O3. The summed E-state index contributed by atoms with van der Waals surface area (Å²) in [7, 11) is 0. The first-order valence-electron chi connectivity index (χ1n) is 15.9. The monoisotopic (exact) mass is 632 g/mol. The Bertz CT molecular complexity index is 1680. The fraction of sp³-hybridized carbons (Fsp3) is 0.389. The number of nitrogens with one attached hydrogen (secondary N) is 2. The van der Waals surface area contributed by atoms with E-state index in [9.17, 15) is 23.1 Å². The third-order valence-electron chi connectivity index (χ3n) is 9.01. The number of aliphatic hydroxyl groups is 1. The average Bonchev–Trinajstić information content (AvgIpc) is 3.85. The molecule has 0 spiro atoms. The highest BCUT2D eigenvalue weighted by molar-refractivity contribution is 6.10. The number of halogens is 3. The van der Waals surface area contributed by atoms with Gasteiger partial charge in [0.05, 0.1) is 35.6 Å². The highest BCUT2D eigenvalue weighted by atomic mass is 19.4. The van der Waals surface area contributed by atoms with Gasteiger partial charge in [-0.25, -0.2) is 4.98 Å². The molecule has 10 heteroatoms. The number of carbonyl (C=O) groups excluding carboxylic acids is 1. The van der Waals surface area contributed by atoms with Crippen molar-refractivity contribution in [1.82, 2.24) is 20.5 Å². The molecule has 46 heavy (non-hydrogen) atoms. The van der Waals surface area contributed by atoms with Gasteiger partial charge in [-0.1, -0.05) is 54.6 Å². The van der Waals surface area contributed by atoms with Crippen LogP contribution in [0, 0.1) is 0 Å². The summed E-state index contributed by atoms with van der Waals surface area (Å²) in [5.74, 6) is 0.180. The van der Waals surface area contributed by atoms with Gasteiger partial charge >= 0.3 is 6.18 Å². The number of benzene rings is 3. The van der Waals surface area contributed by atoms with Crippen molar-refractivity contribution in [3.63, 3.8) is 0 Å². The summed E-state index contributed by atoms with van der Waals surface area (Å²) in [4.78, 5) is 21.8. The first-order valence-corrected chi connectivity index (χ1v) is 15.9. The third kappa shape index (κ3) is 6.74. The summed E-state index contributed by atoms with van der Waals surface area (Å²) in [5, 5.41) is 16.5. The van der Waals surface area contributed by atoms with Crippen LogP contribution in [-0.4, -0.2) is 59.8 Å². The molecule has 3 N–H and O–H groups in total. The van der Waals surface area contributed by atoms with E-state index < -0.39 is 17.3 Å². The maximum Gasteiger partial charge on any atom is 0.416 e. The fourth-order valence-corrected chi connectivity index (χ4v) is 6.50. The van der Waals surface area contributed by atoms with Crippen molar-refractivity contribution in [2.75, 3.05) is 32.8 Å². The lowest BCUT2D eigenvalue weighted by Gasteiger charge is -2.33. The first-order chi connectivity index (χ1) is 22.2. The number of aromatic nitrogens is 1. The molecule has 2 fully saturated rings. The third-order valence-corrected chi connectivity index (χ3v) is 9.01. The van der Waals surface area contributed by atoms with Crippen molar-refractivity contribution in [3.8, 4) is 17.0 Å². The van der Waals surface area contributed by atoms with Crippen molar-refractivity contribution < 1.29 is 27.8 Å². The number of hydrogen-bond acceptors (Lipinski definition) is 6. The van der Waals surface area contributed by atoms with E-state index >= 15 is 0 Å². The van der Waals surface area contributed by atoms with Gasteiger partial charge in [0.1, 0.15) is 11.3 Å². The van der Waals surface area contributed by atoms with Crippen LogP contribution in [0.4, 0.5) is 13.2 Å². The minimum absolute atomic E-state index is 0.0655. The van der Waals surface area contributed by atoms with Gasteiger partial charge in [-0.3, -0.25) is 9.69 Å². The standard InChI is InChI=1S/C36H39F3N4O3/c1-2-46-30-13-7-12-28-31(34(45)42-35(16-17-35)25-9-4-3-5-10-25)29(23-43-19-14-27(15-20-43)40-18-21-44)32(41-33(28)30)24-8-6-11-26(22-24)36(37,38)39/h3-13,22,27,40,44H,2,14-21,23H2,1H3,(H,42,45). The summed E-state index contributed by atoms with van der Waals surface area (Å²) in [5.41, 5.74) is 1.78. The average molecular weight is 633 g/mol. The van der Waals surface area contributed by atoms with E-state index in [-0.39, 0.29) is 24.1 Å². The van der Waals surface area contributed by atoms with E-state index in [1.54, 1.807) is 12.1 Å². The number of amides is 1. The lowest BCUT2D eigenvalue weighted by Crippen LogP contribution is -2.43. The van der Waals surface area contributed by atoms with Crippen LogP contribution in [0.25, 0.3) is 22.2 Å². The van der Waals surface area contributed by atoms with Gasteiger partial charge in [-0.2, -0.15) is 13.2 Å². The SMILES string of the molecule is CCOc1cccc2c(C(=O)NC3(c4ccccc4)CC3)c(CN3CCC(NCCO)CC3)c(-c3cccc(C(F)(F)F)c3)nc12. The minimum atomic E-state index is -4.54. The summed E-state index contributed by atoms with van der Waals surface area (Å²) in [6.07, 6.45) is -1.28. The number of hydrogen-bond donors (Lipinski definition) is 3. The van der Waals surface area contributed by atoms with Gasteiger partial charge in [0.25, 0.3) is 5.91 Å². The Labute approximate surface area is 266 Å². The molecule has 1 saturated carbocycles. The zero-order valence-corrected chi connectivity index (χ0v) is 25.9. The van der Waals surface area contributed by atoms with Crippen LogP contribution < -0.4 is 15.4 Å². The topological polar surface area (TPSA) is 86.7 Å². The van der Waals surface area contributed by atoms with Gasteiger partial charge < -0.3 is 20.5 Å². The van der Waals surface area contributed by atoms with Crippen molar-refractivity contribution in [2.45, 2.75) is 56.9 Å². The van der Waals surface area contributed by atoms with E-state index in [0.717, 1.165) is 56.5 Å². The lowest BCUT2D eigenvalue weighted by atomic mass is 9.93. The Morgan fingerprint density at radius 1 is 1.04 bits per heavy atom. The van der Waals surface area contributed by atoms with E-state index in [4.69, 9.17) is 9.72 Å². The molecule has 1 aliphatic heterocycles. The Balaban J connectivity index is 1.50. The van der Waals surface area contributed by atoms with Crippen LogP contribution in [0.1, 0.15) is 59.7 Å². The molecule has 1 aliphatic carbocycles. The minimum Gasteiger partial charge on any atom is -0.492 e. The van der Waals surface area contributed by atoms with Crippen molar-refractivity contribution in [2.24, 2.45) is 0 Å². The molecule has 1 saturated heterocycles. The molecule has 6 rings (SSSR count). The van der Waals surface area contributed by atoms with Gasteiger partial charge in [-0.15, -0.1) is 0 Å². The van der Waals surface area contributed by atoms with Crippen LogP contribution in [-0.2, 0) is 18.3 Å². The molecule has 0 radical (unpaired) electrons. The number of aliphatic hydroxyl groups excluding tert-OH is 1. The van der Waals surface area contributed by atoms with Gasteiger partial charge in [0, 0.05) is 35.6 Å². The molecule has 0 unspecified atom stereocenters. The first kappa shape index (κ1) is 32.0. The van der Waals surface area contributed by atoms with Gasteiger partial charge in [0.2, 0.25) is 0 Å². The van der Waals surface area contributed by atoms with Crippen LogP contribution in [0.15, 0.2) is 72.8 Å². The second kappa shape index (κ2) is 13.4. The number of rotatable bonds is 11. The van der Waals surface area contributed by atoms with E-state index in [1.165, 1.54) is 6.07 Å². The van der Waals surface area contributed by atoms with Gasteiger partial charge in [-0.05, 0) is 69.5 Å². The highest BCUT2D eigenvalue weighted by Crippen LogP contribution is 2.46. The lowest BCUT2D eigenvalue weighted by molar-refractivity contribution is -0.137. The smallest absolute Gasteiger partial charge is 0.416 e. The van der Waals surface area contributed by atoms with Crippen LogP contribution >= 0.6 is 0 Å². The number of carbonyl (C=O) groups is 1. The number of pyridine rings is 1. The van der Waals surface area contributed by atoms with E-state index in [1.807, 2.05) is 49.4 Å². The molecule has 1 amide bonds. The van der Waals surface area contributed by atoms with Gasteiger partial charge in [0.15, 0.2) is 0 Å². The van der Waals surface area contributed by atoms with E-state index in [2.05, 4.69) is 15.5 Å². The molecule has 0 bridgehead atoms. The van der Waals surface area contributed by atoms with Crippen molar-refractivity contribution in [3.05, 3.63) is 95.1 Å². The second-order valence-electron chi connectivity index (χ2n) is 12.1. The quantitative estimate of drug-likeness (QED) is 0.180. The molecule has 7 nitrogen and oxygen atoms in total. The zero-order valence-electron chi connectivity index (χ0n) is 25.9. The number of fused-ring (bicyclic) bond motifs is 1. The normalized spacial score (nSPS) is 16.8. The molecule has 3 aromatic carbocycles. The van der Waals surface area contributed by atoms with Crippen molar-refractivity contribution >= 4 is 16.8 Å². The zero-order chi connectivity index (χ0) is 32.3. The summed E-state index contributed by atoms with van der Waals surface area (Å²) in [6, 6.07) is 20.7. The Morgan fingerprint density at radius 3 is 2.46 bits per heavy atom. The molecule has 4 aromatic rings. The van der Waals surface area contributed by atoms with Crippen LogP contribution in [0.5, 0.6) is 5.75 Å². The number of piperidine rings is 1. The predicted molar refractivity (Wildman–Crippen MR) is 172 cm³/mol. The number of alkyl halides is 3. The van der Waals surface area contributed by atoms with E-state index in [0.29, 0.717) is 53.2 Å². The maximum atomic E-state index is 14.6. The fourth-order valence-electron chi connectivity index (χ4n) is 6.50. The molecule has 242 valence electrons. The summed E-state index contributed by atoms with van der Waals surface area (Å²) in [6.45, 7) is 4.57. The van der Waals surface area contributed by atoms with Crippen molar-refractivity contribution in [1.29, 1.82) is 0 Å². The summed E-state index contributed by atoms with van der Waals surface area (Å²) < 4.78 is 47.7. The Hall–Kier alpha value is -3.99. The number of para-hydroxylation sites is 1. The summed E-state index contributed by atoms with van der Waals surface area (Å²) >= 11 is 0. The van der Waals surface area contributed by atoms with Crippen LogP contribution in [0.2, 0.25) is 0 Å². The molecule has 2 heterocycles. The molecular weight excluding hydrogens is 593 g/mol. The Kier molecular flexibility index (Phi) is 9.31. The molecule has 2 aliphatic rings. The van der Waals surface area contributed by atoms with Crippen LogP contribution in [0.3, 0.4) is 0 Å². The predicted octanol–water partition coefficient (Wildman–Crippen LogP) is 6.28. The number of nitrogens with zero attached hydrogens (tertiary/aromatic N) is 2. The number of likely N-dealkylation sites (tertiary alicyclic amines) is 1. The molecule has 1 aromatic heterocycles. The number of ether oxygens (including phenoxy) is 1. The maximum absolute atomic E-state index is 14.6. The molecule has 0 atom stereocenters. The Morgan fingerprint density at radius 2 is 1.78 bits per heavy atom. The highest BCUT2D eigenvalue weighted by Gasteiger charge is 2.46. The second-order valence-corrected chi connectivity index (χ2v) is 12.1. The largest absolute Gasteiger partial charge is 0.492 e.